The third kappa shape index (κ3) is 6.13. The first-order chi connectivity index (χ1) is 12.2. The topological polar surface area (TPSA) is 64.4 Å². The van der Waals surface area contributed by atoms with E-state index < -0.39 is 0 Å². The first kappa shape index (κ1) is 20.4. The van der Waals surface area contributed by atoms with Crippen molar-refractivity contribution in [2.75, 3.05) is 5.32 Å². The zero-order chi connectivity index (χ0) is 17.5. The van der Waals surface area contributed by atoms with Gasteiger partial charge in [0.05, 0.1) is 12.7 Å². The van der Waals surface area contributed by atoms with Gasteiger partial charge in [0.25, 0.3) is 0 Å². The average molecular weight is 375 g/mol. The van der Waals surface area contributed by atoms with Crippen molar-refractivity contribution in [2.24, 2.45) is 5.73 Å². The lowest BCUT2D eigenvalue weighted by Gasteiger charge is -2.13. The maximum atomic E-state index is 12.2. The minimum absolute atomic E-state index is 0. The standard InChI is InChI=1S/C21H26N2O2.ClH/c22-20(17-6-2-1-3-7-17)14-21(24)23-18-12-10-16(11-13-18)15-25-19-8-4-5-9-19;/h1-3,6-7,10-13,19-20H,4-5,8-9,14-15,22H2,(H,23,24);1H. The molecule has 1 fully saturated rings. The average Bonchev–Trinajstić information content (AvgIpc) is 3.15. The van der Waals surface area contributed by atoms with Crippen LogP contribution in [0.1, 0.15) is 49.3 Å². The summed E-state index contributed by atoms with van der Waals surface area (Å²) in [5.41, 5.74) is 8.98. The number of benzene rings is 2. The summed E-state index contributed by atoms with van der Waals surface area (Å²) in [5, 5.41) is 2.91. The molecule has 3 N–H and O–H groups in total. The van der Waals surface area contributed by atoms with E-state index in [9.17, 15) is 4.79 Å². The molecule has 2 aromatic carbocycles. The molecule has 3 rings (SSSR count). The predicted molar refractivity (Wildman–Crippen MR) is 107 cm³/mol. The molecule has 0 bridgehead atoms. The van der Waals surface area contributed by atoms with E-state index in [1.807, 2.05) is 54.6 Å². The Morgan fingerprint density at radius 2 is 1.73 bits per heavy atom. The van der Waals surface area contributed by atoms with Crippen molar-refractivity contribution >= 4 is 24.0 Å². The van der Waals surface area contributed by atoms with Crippen molar-refractivity contribution in [3.8, 4) is 0 Å². The van der Waals surface area contributed by atoms with E-state index in [-0.39, 0.29) is 30.8 Å². The van der Waals surface area contributed by atoms with Crippen LogP contribution in [0, 0.1) is 0 Å². The highest BCUT2D eigenvalue weighted by Crippen LogP contribution is 2.22. The molecule has 2 aromatic rings. The molecule has 0 spiro atoms. The molecular weight excluding hydrogens is 348 g/mol. The van der Waals surface area contributed by atoms with Crippen LogP contribution >= 0.6 is 12.4 Å². The highest BCUT2D eigenvalue weighted by atomic mass is 35.5. The SMILES string of the molecule is Cl.NC(CC(=O)Nc1ccc(COC2CCCC2)cc1)c1ccccc1. The van der Waals surface area contributed by atoms with Crippen LogP contribution in [-0.2, 0) is 16.1 Å². The Hall–Kier alpha value is -1.88. The Balaban J connectivity index is 0.00000243. The van der Waals surface area contributed by atoms with Gasteiger partial charge in [-0.05, 0) is 36.1 Å². The number of carbonyl (C=O) groups is 1. The van der Waals surface area contributed by atoms with E-state index in [1.54, 1.807) is 0 Å². The Kier molecular flexibility index (Phi) is 8.10. The van der Waals surface area contributed by atoms with Gasteiger partial charge in [0.1, 0.15) is 0 Å². The van der Waals surface area contributed by atoms with Crippen LogP contribution in [-0.4, -0.2) is 12.0 Å². The summed E-state index contributed by atoms with van der Waals surface area (Å²) >= 11 is 0. The summed E-state index contributed by atoms with van der Waals surface area (Å²) in [6.07, 6.45) is 5.59. The van der Waals surface area contributed by atoms with Crippen molar-refractivity contribution < 1.29 is 9.53 Å². The summed E-state index contributed by atoms with van der Waals surface area (Å²) < 4.78 is 5.91. The minimum atomic E-state index is -0.291. The number of halogens is 1. The molecule has 0 aliphatic heterocycles. The van der Waals surface area contributed by atoms with Crippen molar-refractivity contribution in [3.05, 3.63) is 65.7 Å². The van der Waals surface area contributed by atoms with E-state index >= 15 is 0 Å². The molecule has 0 aromatic heterocycles. The number of hydrogen-bond donors (Lipinski definition) is 2. The molecule has 1 amide bonds. The molecule has 1 unspecified atom stereocenters. The summed E-state index contributed by atoms with van der Waals surface area (Å²) in [5.74, 6) is -0.0775. The first-order valence-corrected chi connectivity index (χ1v) is 9.01. The molecule has 1 aliphatic rings. The van der Waals surface area contributed by atoms with Crippen molar-refractivity contribution in [3.63, 3.8) is 0 Å². The fourth-order valence-electron chi connectivity index (χ4n) is 3.18. The second kappa shape index (κ2) is 10.3. The lowest BCUT2D eigenvalue weighted by molar-refractivity contribution is -0.116. The molecule has 0 radical (unpaired) electrons. The zero-order valence-corrected chi connectivity index (χ0v) is 15.7. The fourth-order valence-corrected chi connectivity index (χ4v) is 3.18. The highest BCUT2D eigenvalue weighted by molar-refractivity contribution is 5.91. The fraction of sp³-hybridized carbons (Fsp3) is 0.381. The molecule has 1 aliphatic carbocycles. The lowest BCUT2D eigenvalue weighted by Crippen LogP contribution is -2.20. The van der Waals surface area contributed by atoms with Gasteiger partial charge in [0.2, 0.25) is 5.91 Å². The molecule has 140 valence electrons. The molecule has 5 heteroatoms. The number of rotatable bonds is 7. The first-order valence-electron chi connectivity index (χ1n) is 9.01. The Morgan fingerprint density at radius 3 is 2.38 bits per heavy atom. The summed E-state index contributed by atoms with van der Waals surface area (Å²) in [7, 11) is 0. The van der Waals surface area contributed by atoms with Crippen molar-refractivity contribution in [2.45, 2.75) is 50.9 Å². The molecule has 1 saturated carbocycles. The largest absolute Gasteiger partial charge is 0.374 e. The van der Waals surface area contributed by atoms with Gasteiger partial charge in [-0.25, -0.2) is 0 Å². The smallest absolute Gasteiger partial charge is 0.226 e. The molecule has 4 nitrogen and oxygen atoms in total. The minimum Gasteiger partial charge on any atom is -0.374 e. The van der Waals surface area contributed by atoms with Gasteiger partial charge >= 0.3 is 0 Å². The zero-order valence-electron chi connectivity index (χ0n) is 14.9. The number of amides is 1. The third-order valence-corrected chi connectivity index (χ3v) is 4.66. The number of hydrogen-bond acceptors (Lipinski definition) is 3. The number of nitrogens with one attached hydrogen (secondary N) is 1. The Morgan fingerprint density at radius 1 is 1.08 bits per heavy atom. The molecule has 0 heterocycles. The van der Waals surface area contributed by atoms with Crippen LogP contribution in [0.3, 0.4) is 0 Å². The quantitative estimate of drug-likeness (QED) is 0.744. The van der Waals surface area contributed by atoms with E-state index in [0.29, 0.717) is 12.7 Å². The summed E-state index contributed by atoms with van der Waals surface area (Å²) in [6.45, 7) is 0.637. The number of carbonyl (C=O) groups excluding carboxylic acids is 1. The van der Waals surface area contributed by atoms with Gasteiger partial charge in [-0.3, -0.25) is 4.79 Å². The molecular formula is C21H27ClN2O2. The van der Waals surface area contributed by atoms with E-state index in [0.717, 1.165) is 16.8 Å². The second-order valence-corrected chi connectivity index (χ2v) is 6.68. The van der Waals surface area contributed by atoms with Crippen LogP contribution < -0.4 is 11.1 Å². The van der Waals surface area contributed by atoms with Crippen LogP contribution in [0.15, 0.2) is 54.6 Å². The van der Waals surface area contributed by atoms with E-state index in [2.05, 4.69) is 5.32 Å². The Bertz CT molecular complexity index is 670. The monoisotopic (exact) mass is 374 g/mol. The molecule has 26 heavy (non-hydrogen) atoms. The van der Waals surface area contributed by atoms with E-state index in [4.69, 9.17) is 10.5 Å². The van der Waals surface area contributed by atoms with Gasteiger partial charge in [-0.15, -0.1) is 12.4 Å². The Labute approximate surface area is 161 Å². The number of nitrogens with two attached hydrogens (primary N) is 1. The van der Waals surface area contributed by atoms with Crippen LogP contribution in [0.4, 0.5) is 5.69 Å². The number of anilines is 1. The van der Waals surface area contributed by atoms with E-state index in [1.165, 1.54) is 25.7 Å². The second-order valence-electron chi connectivity index (χ2n) is 6.68. The summed E-state index contributed by atoms with van der Waals surface area (Å²) in [6, 6.07) is 17.2. The van der Waals surface area contributed by atoms with Crippen LogP contribution in [0.2, 0.25) is 0 Å². The third-order valence-electron chi connectivity index (χ3n) is 4.66. The molecule has 0 saturated heterocycles. The van der Waals surface area contributed by atoms with Gasteiger partial charge < -0.3 is 15.8 Å². The lowest BCUT2D eigenvalue weighted by atomic mass is 10.0. The van der Waals surface area contributed by atoms with Crippen molar-refractivity contribution in [1.29, 1.82) is 0 Å². The van der Waals surface area contributed by atoms with Crippen molar-refractivity contribution in [1.82, 2.24) is 0 Å². The van der Waals surface area contributed by atoms with Crippen LogP contribution in [0.5, 0.6) is 0 Å². The maximum absolute atomic E-state index is 12.2. The number of ether oxygens (including phenoxy) is 1. The van der Waals surface area contributed by atoms with Gasteiger partial charge in [0, 0.05) is 18.2 Å². The van der Waals surface area contributed by atoms with Gasteiger partial charge in [-0.1, -0.05) is 55.3 Å². The summed E-state index contributed by atoms with van der Waals surface area (Å²) in [4.78, 5) is 12.2. The predicted octanol–water partition coefficient (Wildman–Crippen LogP) is 4.60. The maximum Gasteiger partial charge on any atom is 0.226 e. The van der Waals surface area contributed by atoms with Gasteiger partial charge in [0.15, 0.2) is 0 Å². The van der Waals surface area contributed by atoms with Gasteiger partial charge in [-0.2, -0.15) is 0 Å². The molecule has 1 atom stereocenters. The normalized spacial score (nSPS) is 15.3. The highest BCUT2D eigenvalue weighted by Gasteiger charge is 2.15. The van der Waals surface area contributed by atoms with Crippen LogP contribution in [0.25, 0.3) is 0 Å².